The highest BCUT2D eigenvalue weighted by molar-refractivity contribution is 5.81. The van der Waals surface area contributed by atoms with Crippen molar-refractivity contribution in [3.8, 4) is 5.75 Å². The SMILES string of the molecule is CCC(N)C(=O)N(CC)Cc1ccc(OC)cc1. The Morgan fingerprint density at radius 2 is 1.94 bits per heavy atom. The molecule has 1 rings (SSSR count). The molecule has 1 aromatic rings. The number of likely N-dealkylation sites (N-methyl/N-ethyl adjacent to an activating group) is 1. The molecule has 0 aromatic heterocycles. The smallest absolute Gasteiger partial charge is 0.239 e. The molecule has 0 aliphatic carbocycles. The molecule has 0 radical (unpaired) electrons. The summed E-state index contributed by atoms with van der Waals surface area (Å²) in [6, 6.07) is 7.32. The Balaban J connectivity index is 2.70. The third kappa shape index (κ3) is 3.74. The van der Waals surface area contributed by atoms with Crippen LogP contribution in [0.5, 0.6) is 5.75 Å². The number of rotatable bonds is 6. The third-order valence-electron chi connectivity index (χ3n) is 2.98. The van der Waals surface area contributed by atoms with Crippen LogP contribution >= 0.6 is 0 Å². The molecule has 0 saturated heterocycles. The highest BCUT2D eigenvalue weighted by atomic mass is 16.5. The zero-order chi connectivity index (χ0) is 13.5. The van der Waals surface area contributed by atoms with Gasteiger partial charge in [-0.15, -0.1) is 0 Å². The lowest BCUT2D eigenvalue weighted by Gasteiger charge is -2.24. The first-order valence-corrected chi connectivity index (χ1v) is 6.29. The number of carbonyl (C=O) groups excluding carboxylic acids is 1. The third-order valence-corrected chi connectivity index (χ3v) is 2.98. The average molecular weight is 250 g/mol. The van der Waals surface area contributed by atoms with Crippen LogP contribution in [0.2, 0.25) is 0 Å². The van der Waals surface area contributed by atoms with Crippen LogP contribution in [0, 0.1) is 0 Å². The molecule has 0 aliphatic rings. The van der Waals surface area contributed by atoms with E-state index in [-0.39, 0.29) is 5.91 Å². The molecule has 4 heteroatoms. The molecule has 4 nitrogen and oxygen atoms in total. The minimum atomic E-state index is -0.400. The lowest BCUT2D eigenvalue weighted by molar-refractivity contribution is -0.133. The molecular weight excluding hydrogens is 228 g/mol. The van der Waals surface area contributed by atoms with Gasteiger partial charge in [-0.05, 0) is 31.0 Å². The first-order valence-electron chi connectivity index (χ1n) is 6.29. The molecular formula is C14H22N2O2. The summed E-state index contributed by atoms with van der Waals surface area (Å²) in [7, 11) is 1.64. The van der Waals surface area contributed by atoms with E-state index in [1.165, 1.54) is 0 Å². The van der Waals surface area contributed by atoms with Crippen molar-refractivity contribution in [3.63, 3.8) is 0 Å². The summed E-state index contributed by atoms with van der Waals surface area (Å²) in [6.45, 7) is 5.14. The topological polar surface area (TPSA) is 55.6 Å². The van der Waals surface area contributed by atoms with Gasteiger partial charge in [-0.1, -0.05) is 19.1 Å². The monoisotopic (exact) mass is 250 g/mol. The number of hydrogen-bond acceptors (Lipinski definition) is 3. The van der Waals surface area contributed by atoms with E-state index in [1.54, 1.807) is 12.0 Å². The minimum Gasteiger partial charge on any atom is -0.497 e. The van der Waals surface area contributed by atoms with E-state index in [0.717, 1.165) is 11.3 Å². The number of ether oxygens (including phenoxy) is 1. The molecule has 0 saturated carbocycles. The molecule has 1 unspecified atom stereocenters. The van der Waals surface area contributed by atoms with Gasteiger partial charge in [0, 0.05) is 13.1 Å². The highest BCUT2D eigenvalue weighted by Gasteiger charge is 2.18. The van der Waals surface area contributed by atoms with E-state index in [2.05, 4.69) is 0 Å². The second kappa shape index (κ2) is 7.01. The molecule has 100 valence electrons. The van der Waals surface area contributed by atoms with Gasteiger partial charge < -0.3 is 15.4 Å². The normalized spacial score (nSPS) is 12.0. The van der Waals surface area contributed by atoms with Gasteiger partial charge in [0.15, 0.2) is 0 Å². The van der Waals surface area contributed by atoms with Gasteiger partial charge in [0.1, 0.15) is 5.75 Å². The van der Waals surface area contributed by atoms with Crippen molar-refractivity contribution in [1.82, 2.24) is 4.90 Å². The van der Waals surface area contributed by atoms with Crippen LogP contribution in [0.15, 0.2) is 24.3 Å². The Morgan fingerprint density at radius 1 is 1.33 bits per heavy atom. The molecule has 0 aliphatic heterocycles. The van der Waals surface area contributed by atoms with Crippen molar-refractivity contribution in [2.24, 2.45) is 5.73 Å². The largest absolute Gasteiger partial charge is 0.497 e. The Labute approximate surface area is 109 Å². The van der Waals surface area contributed by atoms with E-state index in [9.17, 15) is 4.79 Å². The molecule has 1 amide bonds. The van der Waals surface area contributed by atoms with Crippen LogP contribution in [0.3, 0.4) is 0 Å². The van der Waals surface area contributed by atoms with Crippen LogP contribution in [-0.2, 0) is 11.3 Å². The number of nitrogens with zero attached hydrogens (tertiary/aromatic N) is 1. The quantitative estimate of drug-likeness (QED) is 0.837. The summed E-state index contributed by atoms with van der Waals surface area (Å²) in [5.74, 6) is 0.828. The van der Waals surface area contributed by atoms with Crippen LogP contribution < -0.4 is 10.5 Å². The second-order valence-electron chi connectivity index (χ2n) is 4.22. The number of amides is 1. The fourth-order valence-electron chi connectivity index (χ4n) is 1.71. The fraction of sp³-hybridized carbons (Fsp3) is 0.500. The number of hydrogen-bond donors (Lipinski definition) is 1. The second-order valence-corrected chi connectivity index (χ2v) is 4.22. The van der Waals surface area contributed by atoms with Gasteiger partial charge in [0.05, 0.1) is 13.2 Å². The Hall–Kier alpha value is -1.55. The fourth-order valence-corrected chi connectivity index (χ4v) is 1.71. The maximum absolute atomic E-state index is 12.0. The van der Waals surface area contributed by atoms with Gasteiger partial charge in [-0.2, -0.15) is 0 Å². The standard InChI is InChI=1S/C14H22N2O2/c1-4-13(15)14(17)16(5-2)10-11-6-8-12(18-3)9-7-11/h6-9,13H,4-5,10,15H2,1-3H3. The molecule has 1 aromatic carbocycles. The molecule has 2 N–H and O–H groups in total. The van der Waals surface area contributed by atoms with Gasteiger partial charge in [0.25, 0.3) is 0 Å². The summed E-state index contributed by atoms with van der Waals surface area (Å²) in [4.78, 5) is 13.8. The number of methoxy groups -OCH3 is 1. The molecule has 0 fully saturated rings. The van der Waals surface area contributed by atoms with Gasteiger partial charge in [-0.3, -0.25) is 4.79 Å². The van der Waals surface area contributed by atoms with Crippen molar-refractivity contribution in [3.05, 3.63) is 29.8 Å². The Morgan fingerprint density at radius 3 is 2.39 bits per heavy atom. The summed E-state index contributed by atoms with van der Waals surface area (Å²) >= 11 is 0. The summed E-state index contributed by atoms with van der Waals surface area (Å²) < 4.78 is 5.10. The van der Waals surface area contributed by atoms with E-state index < -0.39 is 6.04 Å². The molecule has 0 bridgehead atoms. The van der Waals surface area contributed by atoms with Crippen molar-refractivity contribution < 1.29 is 9.53 Å². The summed E-state index contributed by atoms with van der Waals surface area (Å²) in [6.07, 6.45) is 0.665. The van der Waals surface area contributed by atoms with Crippen LogP contribution in [0.4, 0.5) is 0 Å². The summed E-state index contributed by atoms with van der Waals surface area (Å²) in [5.41, 5.74) is 6.86. The van der Waals surface area contributed by atoms with Crippen LogP contribution in [0.25, 0.3) is 0 Å². The highest BCUT2D eigenvalue weighted by Crippen LogP contribution is 2.13. The average Bonchev–Trinajstić information content (AvgIpc) is 2.43. The Kier molecular flexibility index (Phi) is 5.65. The van der Waals surface area contributed by atoms with Gasteiger partial charge >= 0.3 is 0 Å². The van der Waals surface area contributed by atoms with Crippen molar-refractivity contribution in [1.29, 1.82) is 0 Å². The summed E-state index contributed by atoms with van der Waals surface area (Å²) in [5, 5.41) is 0. The number of benzene rings is 1. The lowest BCUT2D eigenvalue weighted by atomic mass is 10.1. The van der Waals surface area contributed by atoms with Gasteiger partial charge in [-0.25, -0.2) is 0 Å². The van der Waals surface area contributed by atoms with Crippen molar-refractivity contribution >= 4 is 5.91 Å². The van der Waals surface area contributed by atoms with E-state index >= 15 is 0 Å². The van der Waals surface area contributed by atoms with E-state index in [1.807, 2.05) is 38.1 Å². The predicted octanol–water partition coefficient (Wildman–Crippen LogP) is 1.78. The zero-order valence-electron chi connectivity index (χ0n) is 11.3. The Bertz CT molecular complexity index is 376. The van der Waals surface area contributed by atoms with Crippen LogP contribution in [0.1, 0.15) is 25.8 Å². The zero-order valence-corrected chi connectivity index (χ0v) is 11.3. The first kappa shape index (κ1) is 14.5. The van der Waals surface area contributed by atoms with Crippen molar-refractivity contribution in [2.75, 3.05) is 13.7 Å². The van der Waals surface area contributed by atoms with Crippen LogP contribution in [-0.4, -0.2) is 30.5 Å². The first-order chi connectivity index (χ1) is 8.62. The number of carbonyl (C=O) groups is 1. The maximum atomic E-state index is 12.0. The number of nitrogens with two attached hydrogens (primary N) is 1. The molecule has 1 atom stereocenters. The molecule has 0 spiro atoms. The predicted molar refractivity (Wildman–Crippen MR) is 72.4 cm³/mol. The van der Waals surface area contributed by atoms with E-state index in [0.29, 0.717) is 19.5 Å². The van der Waals surface area contributed by atoms with E-state index in [4.69, 9.17) is 10.5 Å². The minimum absolute atomic E-state index is 0.0100. The lowest BCUT2D eigenvalue weighted by Crippen LogP contribution is -2.42. The van der Waals surface area contributed by atoms with Gasteiger partial charge in [0.2, 0.25) is 5.91 Å². The molecule has 18 heavy (non-hydrogen) atoms. The maximum Gasteiger partial charge on any atom is 0.239 e. The molecule has 0 heterocycles. The van der Waals surface area contributed by atoms with Crippen molar-refractivity contribution in [2.45, 2.75) is 32.9 Å².